The van der Waals surface area contributed by atoms with Gasteiger partial charge < -0.3 is 5.32 Å². The lowest BCUT2D eigenvalue weighted by Gasteiger charge is -2.31. The van der Waals surface area contributed by atoms with Gasteiger partial charge in [0.15, 0.2) is 0 Å². The van der Waals surface area contributed by atoms with Gasteiger partial charge in [-0.3, -0.25) is 4.79 Å². The minimum atomic E-state index is -3.57. The van der Waals surface area contributed by atoms with Crippen LogP contribution in [0.1, 0.15) is 12.8 Å². The van der Waals surface area contributed by atoms with Gasteiger partial charge >= 0.3 is 0 Å². The number of hydrogen-bond acceptors (Lipinski definition) is 3. The van der Waals surface area contributed by atoms with E-state index in [9.17, 15) is 13.2 Å². The molecule has 1 aliphatic rings. The number of carbonyl (C=O) groups excluding carboxylic acids is 1. The van der Waals surface area contributed by atoms with Crippen molar-refractivity contribution < 1.29 is 13.2 Å². The first-order valence-corrected chi connectivity index (χ1v) is 10.3. The highest BCUT2D eigenvalue weighted by molar-refractivity contribution is 9.10. The molecular formula is C18H19BrN2O3S. The molecule has 0 bridgehead atoms. The number of halogens is 1. The van der Waals surface area contributed by atoms with Crippen LogP contribution >= 0.6 is 15.9 Å². The minimum absolute atomic E-state index is 0.153. The molecule has 0 aliphatic carbocycles. The van der Waals surface area contributed by atoms with E-state index in [-0.39, 0.29) is 23.3 Å². The third-order valence-electron chi connectivity index (χ3n) is 4.27. The predicted molar refractivity (Wildman–Crippen MR) is 101 cm³/mol. The highest BCUT2D eigenvalue weighted by atomic mass is 79.9. The van der Waals surface area contributed by atoms with E-state index in [0.29, 0.717) is 25.1 Å². The van der Waals surface area contributed by atoms with E-state index in [1.165, 1.54) is 4.31 Å². The van der Waals surface area contributed by atoms with Gasteiger partial charge in [0.1, 0.15) is 0 Å². The molecule has 1 heterocycles. The van der Waals surface area contributed by atoms with Gasteiger partial charge in [-0.1, -0.05) is 30.3 Å². The number of amides is 1. The van der Waals surface area contributed by atoms with Gasteiger partial charge in [0.25, 0.3) is 0 Å². The van der Waals surface area contributed by atoms with E-state index >= 15 is 0 Å². The van der Waals surface area contributed by atoms with Crippen LogP contribution in [0.5, 0.6) is 0 Å². The molecule has 0 aromatic heterocycles. The molecule has 0 saturated carbocycles. The molecular weight excluding hydrogens is 404 g/mol. The first-order chi connectivity index (χ1) is 12.0. The quantitative estimate of drug-likeness (QED) is 0.819. The fraction of sp³-hybridized carbons (Fsp3) is 0.278. The summed E-state index contributed by atoms with van der Waals surface area (Å²) in [5.41, 5.74) is 0.690. The summed E-state index contributed by atoms with van der Waals surface area (Å²) in [7, 11) is -3.57. The van der Waals surface area contributed by atoms with E-state index in [1.807, 2.05) is 24.3 Å². The molecule has 1 atom stereocenters. The molecule has 0 unspecified atom stereocenters. The number of benzene rings is 2. The number of nitrogens with one attached hydrogen (secondary N) is 1. The van der Waals surface area contributed by atoms with Crippen LogP contribution in [0, 0.1) is 5.92 Å². The first kappa shape index (κ1) is 18.1. The Kier molecular flexibility index (Phi) is 5.56. The largest absolute Gasteiger partial charge is 0.325 e. The lowest BCUT2D eigenvalue weighted by molar-refractivity contribution is -0.120. The molecule has 3 rings (SSSR count). The summed E-state index contributed by atoms with van der Waals surface area (Å²) < 4.78 is 27.7. The Bertz CT molecular complexity index is 856. The Balaban J connectivity index is 1.73. The normalized spacial score (nSPS) is 18.7. The number of anilines is 1. The van der Waals surface area contributed by atoms with Gasteiger partial charge in [0.2, 0.25) is 15.9 Å². The molecule has 7 heteroatoms. The summed E-state index contributed by atoms with van der Waals surface area (Å²) in [6, 6.07) is 15.7. The molecule has 1 saturated heterocycles. The zero-order chi connectivity index (χ0) is 17.9. The maximum absolute atomic E-state index is 12.8. The van der Waals surface area contributed by atoms with Crippen LogP contribution in [0.15, 0.2) is 64.0 Å². The smallest absolute Gasteiger partial charge is 0.243 e. The van der Waals surface area contributed by atoms with Crippen LogP contribution in [0.25, 0.3) is 0 Å². The topological polar surface area (TPSA) is 66.5 Å². The van der Waals surface area contributed by atoms with Gasteiger partial charge in [-0.2, -0.15) is 4.31 Å². The fourth-order valence-electron chi connectivity index (χ4n) is 2.91. The average molecular weight is 423 g/mol. The molecule has 1 N–H and O–H groups in total. The van der Waals surface area contributed by atoms with E-state index in [1.54, 1.807) is 30.3 Å². The molecule has 1 aliphatic heterocycles. The molecule has 0 spiro atoms. The summed E-state index contributed by atoms with van der Waals surface area (Å²) in [5.74, 6) is -0.515. The molecule has 25 heavy (non-hydrogen) atoms. The second kappa shape index (κ2) is 7.68. The van der Waals surface area contributed by atoms with Gasteiger partial charge in [-0.25, -0.2) is 8.42 Å². The van der Waals surface area contributed by atoms with Crippen molar-refractivity contribution in [3.63, 3.8) is 0 Å². The summed E-state index contributed by atoms with van der Waals surface area (Å²) in [6.45, 7) is 0.642. The van der Waals surface area contributed by atoms with Crippen molar-refractivity contribution in [1.82, 2.24) is 4.31 Å². The third kappa shape index (κ3) is 4.11. The minimum Gasteiger partial charge on any atom is -0.325 e. The zero-order valence-corrected chi connectivity index (χ0v) is 16.0. The van der Waals surface area contributed by atoms with Gasteiger partial charge in [-0.05, 0) is 53.0 Å². The van der Waals surface area contributed by atoms with Crippen LogP contribution in [0.2, 0.25) is 0 Å². The number of piperidine rings is 1. The van der Waals surface area contributed by atoms with Crippen molar-refractivity contribution in [3.05, 3.63) is 59.1 Å². The molecule has 1 amide bonds. The van der Waals surface area contributed by atoms with Gasteiger partial charge in [0, 0.05) is 17.6 Å². The number of para-hydroxylation sites is 1. The van der Waals surface area contributed by atoms with Crippen LogP contribution in [0.3, 0.4) is 0 Å². The Hall–Kier alpha value is -1.70. The van der Waals surface area contributed by atoms with Crippen molar-refractivity contribution in [2.24, 2.45) is 5.92 Å². The third-order valence-corrected chi connectivity index (χ3v) is 6.84. The Morgan fingerprint density at radius 1 is 1.08 bits per heavy atom. The summed E-state index contributed by atoms with van der Waals surface area (Å²) in [4.78, 5) is 12.8. The number of rotatable bonds is 4. The number of hydrogen-bond donors (Lipinski definition) is 1. The predicted octanol–water partition coefficient (Wildman–Crippen LogP) is 3.49. The SMILES string of the molecule is O=C(Nc1ccccc1Br)[C@@H]1CCCN(S(=O)(=O)c2ccccc2)C1. The van der Waals surface area contributed by atoms with E-state index in [0.717, 1.165) is 4.47 Å². The summed E-state index contributed by atoms with van der Waals surface area (Å²) in [5, 5.41) is 2.88. The van der Waals surface area contributed by atoms with Crippen LogP contribution < -0.4 is 5.32 Å². The second-order valence-electron chi connectivity index (χ2n) is 5.98. The molecule has 0 radical (unpaired) electrons. The molecule has 2 aromatic carbocycles. The highest BCUT2D eigenvalue weighted by Gasteiger charge is 2.33. The summed E-state index contributed by atoms with van der Waals surface area (Å²) in [6.07, 6.45) is 1.34. The molecule has 5 nitrogen and oxygen atoms in total. The maximum Gasteiger partial charge on any atom is 0.243 e. The van der Waals surface area contributed by atoms with E-state index in [2.05, 4.69) is 21.2 Å². The average Bonchev–Trinajstić information content (AvgIpc) is 2.64. The maximum atomic E-state index is 12.8. The highest BCUT2D eigenvalue weighted by Crippen LogP contribution is 2.26. The second-order valence-corrected chi connectivity index (χ2v) is 8.78. The van der Waals surface area contributed by atoms with Crippen molar-refractivity contribution in [2.75, 3.05) is 18.4 Å². The summed E-state index contributed by atoms with van der Waals surface area (Å²) >= 11 is 3.40. The number of nitrogens with zero attached hydrogens (tertiary/aromatic N) is 1. The number of sulfonamides is 1. The number of carbonyl (C=O) groups is 1. The zero-order valence-electron chi connectivity index (χ0n) is 13.6. The fourth-order valence-corrected chi connectivity index (χ4v) is 4.84. The molecule has 2 aromatic rings. The molecule has 132 valence electrons. The molecule has 1 fully saturated rings. The van der Waals surface area contributed by atoms with Gasteiger partial charge in [-0.15, -0.1) is 0 Å². The van der Waals surface area contributed by atoms with Crippen LogP contribution in [-0.4, -0.2) is 31.7 Å². The van der Waals surface area contributed by atoms with Crippen molar-refractivity contribution in [3.8, 4) is 0 Å². The first-order valence-electron chi connectivity index (χ1n) is 8.09. The van der Waals surface area contributed by atoms with Crippen molar-refractivity contribution in [2.45, 2.75) is 17.7 Å². The van der Waals surface area contributed by atoms with Crippen molar-refractivity contribution in [1.29, 1.82) is 0 Å². The lowest BCUT2D eigenvalue weighted by Crippen LogP contribution is -2.43. The Morgan fingerprint density at radius 2 is 1.76 bits per heavy atom. The standard InChI is InChI=1S/C18H19BrN2O3S/c19-16-10-4-5-11-17(16)20-18(22)14-7-6-12-21(13-14)25(23,24)15-8-2-1-3-9-15/h1-5,8-11,14H,6-7,12-13H2,(H,20,22)/t14-/m1/s1. The monoisotopic (exact) mass is 422 g/mol. The Labute approximate surface area is 156 Å². The van der Waals surface area contributed by atoms with Crippen LogP contribution in [0.4, 0.5) is 5.69 Å². The lowest BCUT2D eigenvalue weighted by atomic mass is 9.99. The van der Waals surface area contributed by atoms with E-state index < -0.39 is 10.0 Å². The Morgan fingerprint density at radius 3 is 2.48 bits per heavy atom. The van der Waals surface area contributed by atoms with Gasteiger partial charge in [0.05, 0.1) is 16.5 Å². The van der Waals surface area contributed by atoms with Crippen LogP contribution in [-0.2, 0) is 14.8 Å². The van der Waals surface area contributed by atoms with E-state index in [4.69, 9.17) is 0 Å². The van der Waals surface area contributed by atoms with Crippen molar-refractivity contribution >= 4 is 37.5 Å².